The van der Waals surface area contributed by atoms with E-state index in [0.29, 0.717) is 13.1 Å². The highest BCUT2D eigenvalue weighted by molar-refractivity contribution is 7.92. The highest BCUT2D eigenvalue weighted by atomic mass is 32.2. The zero-order chi connectivity index (χ0) is 21.0. The van der Waals surface area contributed by atoms with Gasteiger partial charge in [0.2, 0.25) is 0 Å². The summed E-state index contributed by atoms with van der Waals surface area (Å²) in [7, 11) is -4.15. The predicted octanol–water partition coefficient (Wildman–Crippen LogP) is 3.28. The number of hydrogen-bond donors (Lipinski definition) is 2. The van der Waals surface area contributed by atoms with Gasteiger partial charge in [-0.2, -0.15) is 0 Å². The van der Waals surface area contributed by atoms with Gasteiger partial charge in [-0.25, -0.2) is 17.2 Å². The quantitative estimate of drug-likeness (QED) is 0.673. The number of hydrogen-bond acceptors (Lipinski definition) is 4. The Hall–Kier alpha value is -2.94. The number of nitrogens with zero attached hydrogens (tertiary/aromatic N) is 1. The first kappa shape index (κ1) is 20.8. The normalized spacial score (nSPS) is 13.9. The van der Waals surface area contributed by atoms with Crippen molar-refractivity contribution < 1.29 is 22.0 Å². The summed E-state index contributed by atoms with van der Waals surface area (Å²) in [5.41, 5.74) is -0.243. The Kier molecular flexibility index (Phi) is 6.17. The van der Waals surface area contributed by atoms with Crippen LogP contribution in [0, 0.1) is 11.6 Å². The third-order valence-electron chi connectivity index (χ3n) is 4.50. The molecule has 1 heterocycles. The van der Waals surface area contributed by atoms with Crippen LogP contribution in [0.25, 0.3) is 0 Å². The lowest BCUT2D eigenvalue weighted by atomic mass is 10.2. The maximum Gasteiger partial charge on any atom is 0.261 e. The molecule has 0 unspecified atom stereocenters. The van der Waals surface area contributed by atoms with Crippen molar-refractivity contribution in [3.05, 3.63) is 66.3 Å². The minimum atomic E-state index is -4.15. The standard InChI is InChI=1S/C20H21F2N3O3S/c1-2-8-23-20(26)14-6-5-7-16(11-14)29(27,28)24-15-12-17(21)19(18(22)13-15)25-9-3-4-10-25/h2,5-7,11-13,24H,1,3-4,8-10H2,(H,23,26). The number of nitrogens with one attached hydrogen (secondary N) is 2. The van der Waals surface area contributed by atoms with Crippen molar-refractivity contribution in [3.8, 4) is 0 Å². The average Bonchev–Trinajstić information content (AvgIpc) is 3.19. The molecule has 2 aromatic carbocycles. The maximum atomic E-state index is 14.5. The molecule has 2 N–H and O–H groups in total. The number of rotatable bonds is 7. The van der Waals surface area contributed by atoms with Crippen LogP contribution >= 0.6 is 0 Å². The summed E-state index contributed by atoms with van der Waals surface area (Å²) in [5.74, 6) is -2.13. The van der Waals surface area contributed by atoms with Gasteiger partial charge < -0.3 is 10.2 Å². The number of sulfonamides is 1. The van der Waals surface area contributed by atoms with Gasteiger partial charge in [0.05, 0.1) is 10.6 Å². The summed E-state index contributed by atoms with van der Waals surface area (Å²) in [5, 5.41) is 2.55. The third-order valence-corrected chi connectivity index (χ3v) is 5.88. The molecule has 2 aromatic rings. The fourth-order valence-corrected chi connectivity index (χ4v) is 4.24. The molecule has 0 aliphatic carbocycles. The van der Waals surface area contributed by atoms with Crippen LogP contribution in [0.2, 0.25) is 0 Å². The summed E-state index contributed by atoms with van der Waals surface area (Å²) in [4.78, 5) is 13.4. The van der Waals surface area contributed by atoms with Gasteiger partial charge >= 0.3 is 0 Å². The number of amides is 1. The molecule has 0 radical (unpaired) electrons. The summed E-state index contributed by atoms with van der Waals surface area (Å²) < 4.78 is 56.4. The van der Waals surface area contributed by atoms with E-state index in [1.807, 2.05) is 0 Å². The van der Waals surface area contributed by atoms with Crippen LogP contribution < -0.4 is 14.9 Å². The van der Waals surface area contributed by atoms with Crippen LogP contribution in [-0.4, -0.2) is 34.0 Å². The first-order valence-electron chi connectivity index (χ1n) is 9.08. The fourth-order valence-electron chi connectivity index (χ4n) is 3.15. The summed E-state index contributed by atoms with van der Waals surface area (Å²) in [6.45, 7) is 4.83. The molecule has 0 saturated carbocycles. The molecule has 0 bridgehead atoms. The zero-order valence-corrected chi connectivity index (χ0v) is 16.4. The largest absolute Gasteiger partial charge is 0.367 e. The van der Waals surface area contributed by atoms with E-state index >= 15 is 0 Å². The third kappa shape index (κ3) is 4.73. The average molecular weight is 421 g/mol. The van der Waals surface area contributed by atoms with Gasteiger partial charge in [0.1, 0.15) is 5.69 Å². The van der Waals surface area contributed by atoms with Crippen LogP contribution in [0.3, 0.4) is 0 Å². The highest BCUT2D eigenvalue weighted by Crippen LogP contribution is 2.30. The molecule has 1 amide bonds. The van der Waals surface area contributed by atoms with Crippen LogP contribution in [0.15, 0.2) is 53.9 Å². The second-order valence-corrected chi connectivity index (χ2v) is 8.30. The summed E-state index contributed by atoms with van der Waals surface area (Å²) in [6.07, 6.45) is 3.20. The van der Waals surface area contributed by atoms with E-state index in [-0.39, 0.29) is 28.4 Å². The molecule has 0 spiro atoms. The molecule has 0 atom stereocenters. The first-order valence-corrected chi connectivity index (χ1v) is 10.6. The van der Waals surface area contributed by atoms with E-state index < -0.39 is 27.6 Å². The molecule has 0 aromatic heterocycles. The Labute approximate surface area is 168 Å². The van der Waals surface area contributed by atoms with Crippen molar-refractivity contribution in [3.63, 3.8) is 0 Å². The Morgan fingerprint density at radius 2 is 1.79 bits per heavy atom. The van der Waals surface area contributed by atoms with Gasteiger partial charge in [-0.15, -0.1) is 6.58 Å². The van der Waals surface area contributed by atoms with E-state index in [0.717, 1.165) is 25.0 Å². The van der Waals surface area contributed by atoms with Gasteiger partial charge in [0.15, 0.2) is 11.6 Å². The minimum Gasteiger partial charge on any atom is -0.367 e. The highest BCUT2D eigenvalue weighted by Gasteiger charge is 2.23. The van der Waals surface area contributed by atoms with Crippen LogP contribution in [0.4, 0.5) is 20.2 Å². The number of carbonyl (C=O) groups is 1. The molecule has 1 saturated heterocycles. The molecule has 154 valence electrons. The molecular formula is C20H21F2N3O3S. The van der Waals surface area contributed by atoms with E-state index in [1.54, 1.807) is 4.90 Å². The molecule has 3 rings (SSSR count). The van der Waals surface area contributed by atoms with E-state index in [2.05, 4.69) is 16.6 Å². The Bertz CT molecular complexity index is 1010. The van der Waals surface area contributed by atoms with Gasteiger partial charge in [0, 0.05) is 37.3 Å². The van der Waals surface area contributed by atoms with Gasteiger partial charge in [-0.05, 0) is 31.0 Å². The number of benzene rings is 2. The molecular weight excluding hydrogens is 400 g/mol. The number of carbonyl (C=O) groups excluding carboxylic acids is 1. The van der Waals surface area contributed by atoms with Crippen LogP contribution in [-0.2, 0) is 10.0 Å². The Morgan fingerprint density at radius 3 is 2.41 bits per heavy atom. The lowest BCUT2D eigenvalue weighted by molar-refractivity contribution is 0.0958. The predicted molar refractivity (Wildman–Crippen MR) is 108 cm³/mol. The van der Waals surface area contributed by atoms with Crippen molar-refractivity contribution in [1.29, 1.82) is 0 Å². The molecule has 6 nitrogen and oxygen atoms in total. The topological polar surface area (TPSA) is 78.5 Å². The van der Waals surface area contributed by atoms with Gasteiger partial charge in [-0.1, -0.05) is 12.1 Å². The lowest BCUT2D eigenvalue weighted by Crippen LogP contribution is -2.23. The van der Waals surface area contributed by atoms with Crippen molar-refractivity contribution in [2.45, 2.75) is 17.7 Å². The van der Waals surface area contributed by atoms with Crippen molar-refractivity contribution in [1.82, 2.24) is 5.32 Å². The number of anilines is 2. The molecule has 1 aliphatic heterocycles. The smallest absolute Gasteiger partial charge is 0.261 e. The van der Waals surface area contributed by atoms with Gasteiger partial charge in [-0.3, -0.25) is 9.52 Å². The van der Waals surface area contributed by atoms with Crippen molar-refractivity contribution in [2.24, 2.45) is 0 Å². The lowest BCUT2D eigenvalue weighted by Gasteiger charge is -2.20. The Balaban J connectivity index is 1.84. The molecule has 29 heavy (non-hydrogen) atoms. The van der Waals surface area contributed by atoms with Gasteiger partial charge in [0.25, 0.3) is 15.9 Å². The van der Waals surface area contributed by atoms with E-state index in [9.17, 15) is 22.0 Å². The van der Waals surface area contributed by atoms with E-state index in [4.69, 9.17) is 0 Å². The molecule has 1 fully saturated rings. The second-order valence-electron chi connectivity index (χ2n) is 6.61. The maximum absolute atomic E-state index is 14.5. The summed E-state index contributed by atoms with van der Waals surface area (Å²) >= 11 is 0. The van der Waals surface area contributed by atoms with E-state index in [1.165, 1.54) is 30.3 Å². The molecule has 1 aliphatic rings. The monoisotopic (exact) mass is 421 g/mol. The zero-order valence-electron chi connectivity index (χ0n) is 15.6. The fraction of sp³-hybridized carbons (Fsp3) is 0.250. The SMILES string of the molecule is C=CCNC(=O)c1cccc(S(=O)(=O)Nc2cc(F)c(N3CCCC3)c(F)c2)c1. The summed E-state index contributed by atoms with van der Waals surface area (Å²) in [6, 6.07) is 7.25. The second kappa shape index (κ2) is 8.60. The first-order chi connectivity index (χ1) is 13.8. The van der Waals surface area contributed by atoms with Crippen molar-refractivity contribution >= 4 is 27.3 Å². The van der Waals surface area contributed by atoms with Crippen LogP contribution in [0.5, 0.6) is 0 Å². The minimum absolute atomic E-state index is 0.136. The number of halogens is 2. The Morgan fingerprint density at radius 1 is 1.14 bits per heavy atom. The van der Waals surface area contributed by atoms with Crippen molar-refractivity contribution in [2.75, 3.05) is 29.3 Å². The molecule has 9 heteroatoms. The van der Waals surface area contributed by atoms with Crippen LogP contribution in [0.1, 0.15) is 23.2 Å².